The van der Waals surface area contributed by atoms with Crippen LogP contribution in [0.15, 0.2) is 0 Å². The lowest BCUT2D eigenvalue weighted by atomic mass is 10.2. The minimum Gasteiger partial charge on any atom is -0.466 e. The van der Waals surface area contributed by atoms with E-state index in [1.54, 1.807) is 6.92 Å². The average molecular weight is 231 g/mol. The lowest BCUT2D eigenvalue weighted by Crippen LogP contribution is -2.24. The van der Waals surface area contributed by atoms with Crippen LogP contribution in [0, 0.1) is 0 Å². The third-order valence-corrected chi connectivity index (χ3v) is 2.00. The summed E-state index contributed by atoms with van der Waals surface area (Å²) >= 11 is 0. The van der Waals surface area contributed by atoms with Gasteiger partial charge >= 0.3 is 5.97 Å². The lowest BCUT2D eigenvalue weighted by molar-refractivity contribution is -0.143. The van der Waals surface area contributed by atoms with Crippen molar-refractivity contribution in [1.82, 2.24) is 5.32 Å². The van der Waals surface area contributed by atoms with Crippen molar-refractivity contribution >= 4 is 11.9 Å². The summed E-state index contributed by atoms with van der Waals surface area (Å²) in [5.41, 5.74) is 0. The van der Waals surface area contributed by atoms with Crippen molar-refractivity contribution < 1.29 is 19.4 Å². The number of unbranched alkanes of at least 4 members (excludes halogenated alkanes) is 1. The van der Waals surface area contributed by atoms with Crippen molar-refractivity contribution in [3.8, 4) is 0 Å². The molecule has 0 atom stereocenters. The number of aliphatic hydroxyl groups excluding tert-OH is 1. The number of carbonyl (C=O) groups is 2. The fourth-order valence-electron chi connectivity index (χ4n) is 1.18. The monoisotopic (exact) mass is 231 g/mol. The molecule has 0 saturated heterocycles. The standard InChI is InChI=1S/C11H21NO4/c1-2-16-11(15)7-5-8-12-10(14)6-3-4-9-13/h13H,2-9H2,1H3,(H,12,14). The molecular formula is C11H21NO4. The summed E-state index contributed by atoms with van der Waals surface area (Å²) in [6.45, 7) is 2.78. The van der Waals surface area contributed by atoms with E-state index in [2.05, 4.69) is 5.32 Å². The molecular weight excluding hydrogens is 210 g/mol. The summed E-state index contributed by atoms with van der Waals surface area (Å²) in [5.74, 6) is -0.255. The molecule has 0 aliphatic rings. The van der Waals surface area contributed by atoms with E-state index in [1.165, 1.54) is 0 Å². The molecule has 0 heterocycles. The van der Waals surface area contributed by atoms with E-state index in [4.69, 9.17) is 9.84 Å². The Morgan fingerprint density at radius 3 is 2.56 bits per heavy atom. The molecule has 1 amide bonds. The topological polar surface area (TPSA) is 75.6 Å². The summed E-state index contributed by atoms with van der Waals surface area (Å²) in [6.07, 6.45) is 2.71. The number of rotatable bonds is 9. The Morgan fingerprint density at radius 1 is 1.19 bits per heavy atom. The van der Waals surface area contributed by atoms with Gasteiger partial charge in [0.25, 0.3) is 0 Å². The Kier molecular flexibility index (Phi) is 9.70. The van der Waals surface area contributed by atoms with Crippen LogP contribution in [-0.2, 0) is 14.3 Å². The predicted octanol–water partition coefficient (Wildman–Crippen LogP) is 0.608. The number of carbonyl (C=O) groups excluding carboxylic acids is 2. The van der Waals surface area contributed by atoms with E-state index in [0.717, 1.165) is 0 Å². The Bertz CT molecular complexity index is 206. The zero-order valence-electron chi connectivity index (χ0n) is 9.83. The molecule has 5 nitrogen and oxygen atoms in total. The zero-order valence-corrected chi connectivity index (χ0v) is 9.83. The molecule has 0 saturated carbocycles. The molecule has 0 spiro atoms. The normalized spacial score (nSPS) is 9.88. The van der Waals surface area contributed by atoms with Crippen molar-refractivity contribution in [2.24, 2.45) is 0 Å². The molecule has 0 unspecified atom stereocenters. The second-order valence-electron chi connectivity index (χ2n) is 3.44. The average Bonchev–Trinajstić information content (AvgIpc) is 2.25. The van der Waals surface area contributed by atoms with Crippen molar-refractivity contribution in [3.63, 3.8) is 0 Å². The second-order valence-corrected chi connectivity index (χ2v) is 3.44. The van der Waals surface area contributed by atoms with Gasteiger partial charge in [-0.1, -0.05) is 0 Å². The summed E-state index contributed by atoms with van der Waals surface area (Å²) in [5, 5.41) is 11.2. The van der Waals surface area contributed by atoms with Gasteiger partial charge in [0, 0.05) is 26.0 Å². The SMILES string of the molecule is CCOC(=O)CCCNC(=O)CCCCO. The van der Waals surface area contributed by atoms with Crippen molar-refractivity contribution in [3.05, 3.63) is 0 Å². The van der Waals surface area contributed by atoms with Gasteiger partial charge < -0.3 is 15.2 Å². The zero-order chi connectivity index (χ0) is 12.2. The van der Waals surface area contributed by atoms with Crippen LogP contribution in [0.4, 0.5) is 0 Å². The number of nitrogens with one attached hydrogen (secondary N) is 1. The third-order valence-electron chi connectivity index (χ3n) is 2.00. The van der Waals surface area contributed by atoms with Gasteiger partial charge in [-0.15, -0.1) is 0 Å². The van der Waals surface area contributed by atoms with Gasteiger partial charge in [0.2, 0.25) is 5.91 Å². The van der Waals surface area contributed by atoms with Crippen LogP contribution in [0.5, 0.6) is 0 Å². The van der Waals surface area contributed by atoms with Crippen LogP contribution in [0.1, 0.15) is 39.0 Å². The first kappa shape index (κ1) is 14.9. The molecule has 5 heteroatoms. The molecule has 2 N–H and O–H groups in total. The van der Waals surface area contributed by atoms with Gasteiger partial charge in [-0.05, 0) is 26.2 Å². The van der Waals surface area contributed by atoms with E-state index < -0.39 is 0 Å². The Morgan fingerprint density at radius 2 is 1.94 bits per heavy atom. The first-order valence-electron chi connectivity index (χ1n) is 5.74. The maximum atomic E-state index is 11.2. The molecule has 0 radical (unpaired) electrons. The number of aliphatic hydroxyl groups is 1. The molecule has 0 bridgehead atoms. The minimum absolute atomic E-state index is 0.0303. The first-order chi connectivity index (χ1) is 7.70. The van der Waals surface area contributed by atoms with E-state index in [-0.39, 0.29) is 18.5 Å². The fourth-order valence-corrected chi connectivity index (χ4v) is 1.18. The first-order valence-corrected chi connectivity index (χ1v) is 5.74. The molecule has 0 aromatic carbocycles. The highest BCUT2D eigenvalue weighted by atomic mass is 16.5. The summed E-state index contributed by atoms with van der Waals surface area (Å²) in [6, 6.07) is 0. The van der Waals surface area contributed by atoms with Crippen LogP contribution in [0.3, 0.4) is 0 Å². The number of hydrogen-bond acceptors (Lipinski definition) is 4. The van der Waals surface area contributed by atoms with Gasteiger partial charge in [0.05, 0.1) is 6.61 Å². The molecule has 0 aliphatic carbocycles. The summed E-state index contributed by atoms with van der Waals surface area (Å²) in [7, 11) is 0. The van der Waals surface area contributed by atoms with Crippen molar-refractivity contribution in [2.45, 2.75) is 39.0 Å². The second kappa shape index (κ2) is 10.4. The van der Waals surface area contributed by atoms with E-state index >= 15 is 0 Å². The molecule has 0 aromatic rings. The van der Waals surface area contributed by atoms with Gasteiger partial charge in [-0.3, -0.25) is 9.59 Å². The molecule has 0 aromatic heterocycles. The highest BCUT2D eigenvalue weighted by Gasteiger charge is 2.03. The number of ether oxygens (including phenoxy) is 1. The van der Waals surface area contributed by atoms with E-state index in [9.17, 15) is 9.59 Å². The lowest BCUT2D eigenvalue weighted by Gasteiger charge is -2.04. The van der Waals surface area contributed by atoms with Crippen LogP contribution in [0.2, 0.25) is 0 Å². The summed E-state index contributed by atoms with van der Waals surface area (Å²) in [4.78, 5) is 22.1. The molecule has 0 aliphatic heterocycles. The largest absolute Gasteiger partial charge is 0.466 e. The van der Waals surface area contributed by atoms with Crippen molar-refractivity contribution in [1.29, 1.82) is 0 Å². The Hall–Kier alpha value is -1.10. The molecule has 0 fully saturated rings. The Balaban J connectivity index is 3.30. The number of hydrogen-bond donors (Lipinski definition) is 2. The molecule has 0 rings (SSSR count). The fraction of sp³-hybridized carbons (Fsp3) is 0.818. The van der Waals surface area contributed by atoms with Gasteiger partial charge in [0.1, 0.15) is 0 Å². The maximum Gasteiger partial charge on any atom is 0.305 e. The quantitative estimate of drug-likeness (QED) is 0.450. The van der Waals surface area contributed by atoms with Crippen LogP contribution in [0.25, 0.3) is 0 Å². The van der Waals surface area contributed by atoms with Gasteiger partial charge in [-0.25, -0.2) is 0 Å². The van der Waals surface area contributed by atoms with E-state index in [1.807, 2.05) is 0 Å². The Labute approximate surface area is 96.2 Å². The molecule has 94 valence electrons. The highest BCUT2D eigenvalue weighted by Crippen LogP contribution is 1.95. The van der Waals surface area contributed by atoms with Crippen molar-refractivity contribution in [2.75, 3.05) is 19.8 Å². The predicted molar refractivity (Wildman–Crippen MR) is 59.8 cm³/mol. The number of esters is 1. The van der Waals surface area contributed by atoms with Crippen LogP contribution < -0.4 is 5.32 Å². The minimum atomic E-state index is -0.225. The van der Waals surface area contributed by atoms with E-state index in [0.29, 0.717) is 45.3 Å². The third kappa shape index (κ3) is 9.45. The van der Waals surface area contributed by atoms with Crippen LogP contribution >= 0.6 is 0 Å². The summed E-state index contributed by atoms with van der Waals surface area (Å²) < 4.78 is 4.75. The number of amides is 1. The van der Waals surface area contributed by atoms with Gasteiger partial charge in [-0.2, -0.15) is 0 Å². The maximum absolute atomic E-state index is 11.2. The van der Waals surface area contributed by atoms with Gasteiger partial charge in [0.15, 0.2) is 0 Å². The smallest absolute Gasteiger partial charge is 0.305 e. The van der Waals surface area contributed by atoms with Crippen LogP contribution in [-0.4, -0.2) is 36.7 Å². The molecule has 16 heavy (non-hydrogen) atoms. The highest BCUT2D eigenvalue weighted by molar-refractivity contribution is 5.75.